The van der Waals surface area contributed by atoms with Gasteiger partial charge in [0.2, 0.25) is 0 Å². The normalized spacial score (nSPS) is 18.7. The van der Waals surface area contributed by atoms with E-state index in [1.165, 1.54) is 50.5 Å². The number of aliphatic carboxylic acids is 1. The first kappa shape index (κ1) is 34.0. The van der Waals surface area contributed by atoms with Crippen LogP contribution in [0, 0.1) is 17.8 Å². The predicted molar refractivity (Wildman–Crippen MR) is 140 cm³/mol. The minimum absolute atomic E-state index is 0.185. The van der Waals surface area contributed by atoms with E-state index in [0.29, 0.717) is 6.42 Å². The van der Waals surface area contributed by atoms with Crippen molar-refractivity contribution < 1.29 is 35.4 Å². The summed E-state index contributed by atoms with van der Waals surface area (Å²) in [5.74, 6) is 0.662. The van der Waals surface area contributed by atoms with E-state index in [1.807, 2.05) is 0 Å². The van der Waals surface area contributed by atoms with Gasteiger partial charge in [-0.05, 0) is 56.8 Å². The Bertz CT molecular complexity index is 578. The lowest BCUT2D eigenvalue weighted by molar-refractivity contribution is -0.168. The van der Waals surface area contributed by atoms with Gasteiger partial charge < -0.3 is 30.6 Å². The largest absolute Gasteiger partial charge is 0.479 e. The summed E-state index contributed by atoms with van der Waals surface area (Å²) in [5.41, 5.74) is 1.30. The van der Waals surface area contributed by atoms with Crippen molar-refractivity contribution >= 4 is 5.97 Å². The van der Waals surface area contributed by atoms with E-state index >= 15 is 0 Å². The van der Waals surface area contributed by atoms with E-state index in [0.717, 1.165) is 37.0 Å². The van der Waals surface area contributed by atoms with Crippen LogP contribution in [0.4, 0.5) is 0 Å². The van der Waals surface area contributed by atoms with Crippen molar-refractivity contribution in [2.45, 2.75) is 142 Å². The molecule has 0 aromatic carbocycles. The molecule has 7 heteroatoms. The molecule has 3 unspecified atom stereocenters. The fraction of sp³-hybridized carbons (Fsp3) is 0.893. The average Bonchev–Trinajstić information content (AvgIpc) is 2.79. The number of hydrogen-bond donors (Lipinski definition) is 6. The minimum atomic E-state index is -2.23. The van der Waals surface area contributed by atoms with Crippen molar-refractivity contribution in [1.29, 1.82) is 0 Å². The maximum Gasteiger partial charge on any atom is 0.335 e. The van der Waals surface area contributed by atoms with Crippen molar-refractivity contribution in [2.24, 2.45) is 17.8 Å². The van der Waals surface area contributed by atoms with E-state index in [-0.39, 0.29) is 6.42 Å². The summed E-state index contributed by atoms with van der Waals surface area (Å²) in [6.07, 6.45) is 5.66. The number of carboxylic acids is 1. The van der Waals surface area contributed by atoms with Gasteiger partial charge in [-0.1, -0.05) is 84.3 Å². The average molecular weight is 503 g/mol. The standard InChI is InChI=1S/C28H54O7/c1-19(2)11-8-13-21(4)15-10-17-22(5)16-9-14-20(3)12-6-7-18-23(29)24(30)25(31)26(32)27(33)28(34)35/h12,19,21-27,29-33H,6-11,13-18H2,1-5H3,(H,34,35)/t21?,22?,23?,24-,25+,26-,27-/m0/s1. The van der Waals surface area contributed by atoms with Crippen molar-refractivity contribution in [1.82, 2.24) is 0 Å². The van der Waals surface area contributed by atoms with E-state index in [1.54, 1.807) is 0 Å². The van der Waals surface area contributed by atoms with Gasteiger partial charge in [-0.2, -0.15) is 0 Å². The summed E-state index contributed by atoms with van der Waals surface area (Å²) in [5, 5.41) is 57.3. The molecule has 0 radical (unpaired) electrons. The molecule has 0 aromatic heterocycles. The summed E-state index contributed by atoms with van der Waals surface area (Å²) in [6, 6.07) is 0. The van der Waals surface area contributed by atoms with Crippen LogP contribution in [0.1, 0.15) is 112 Å². The van der Waals surface area contributed by atoms with E-state index < -0.39 is 36.5 Å². The Labute approximate surface area is 213 Å². The van der Waals surface area contributed by atoms with Crippen LogP contribution in [0.25, 0.3) is 0 Å². The molecule has 0 aliphatic carbocycles. The van der Waals surface area contributed by atoms with Crippen molar-refractivity contribution in [2.75, 3.05) is 0 Å². The van der Waals surface area contributed by atoms with Gasteiger partial charge in [0.15, 0.2) is 6.10 Å². The lowest BCUT2D eigenvalue weighted by atomic mass is 9.91. The molecule has 0 aliphatic rings. The van der Waals surface area contributed by atoms with Crippen molar-refractivity contribution in [3.63, 3.8) is 0 Å². The molecule has 6 N–H and O–H groups in total. The number of unbranched alkanes of at least 4 members (excludes halogenated alkanes) is 1. The number of carbonyl (C=O) groups is 1. The number of aliphatic hydroxyl groups is 5. The van der Waals surface area contributed by atoms with Crippen LogP contribution >= 0.6 is 0 Å². The zero-order chi connectivity index (χ0) is 27.0. The van der Waals surface area contributed by atoms with Gasteiger partial charge in [-0.25, -0.2) is 4.79 Å². The lowest BCUT2D eigenvalue weighted by Crippen LogP contribution is -2.51. The third-order valence-electron chi connectivity index (χ3n) is 7.01. The second-order valence-corrected chi connectivity index (χ2v) is 11.2. The van der Waals surface area contributed by atoms with Crippen LogP contribution in [0.15, 0.2) is 11.6 Å². The molecule has 0 aliphatic heterocycles. The Balaban J connectivity index is 4.02. The molecule has 0 amide bonds. The Morgan fingerprint density at radius 3 is 1.71 bits per heavy atom. The molecule has 0 rings (SSSR count). The molecule has 7 atom stereocenters. The molecular weight excluding hydrogens is 448 g/mol. The molecule has 0 saturated carbocycles. The topological polar surface area (TPSA) is 138 Å². The summed E-state index contributed by atoms with van der Waals surface area (Å²) in [7, 11) is 0. The number of aliphatic hydroxyl groups excluding tert-OH is 5. The molecule has 0 saturated heterocycles. The zero-order valence-electron chi connectivity index (χ0n) is 22.8. The van der Waals surface area contributed by atoms with E-state index in [2.05, 4.69) is 40.7 Å². The zero-order valence-corrected chi connectivity index (χ0v) is 22.8. The Kier molecular flexibility index (Phi) is 18.6. The summed E-state index contributed by atoms with van der Waals surface area (Å²) in [6.45, 7) is 11.4. The maximum atomic E-state index is 10.7. The van der Waals surface area contributed by atoms with Crippen LogP contribution in [-0.4, -0.2) is 67.1 Å². The van der Waals surface area contributed by atoms with Crippen LogP contribution < -0.4 is 0 Å². The maximum absolute atomic E-state index is 10.7. The van der Waals surface area contributed by atoms with Crippen LogP contribution in [0.3, 0.4) is 0 Å². The van der Waals surface area contributed by atoms with Gasteiger partial charge in [0.05, 0.1) is 6.10 Å². The first-order valence-corrected chi connectivity index (χ1v) is 13.7. The van der Waals surface area contributed by atoms with E-state index in [4.69, 9.17) is 5.11 Å². The molecule has 0 bridgehead atoms. The highest BCUT2D eigenvalue weighted by atomic mass is 16.4. The van der Waals surface area contributed by atoms with Gasteiger partial charge in [0.1, 0.15) is 18.3 Å². The molecule has 0 aromatic rings. The molecule has 0 heterocycles. The van der Waals surface area contributed by atoms with Gasteiger partial charge in [-0.3, -0.25) is 0 Å². The second kappa shape index (κ2) is 19.2. The summed E-state index contributed by atoms with van der Waals surface area (Å²) >= 11 is 0. The SMILES string of the molecule is CC(=CCCCC(O)[C@H](O)[C@@H](O)[C@H](O)[C@H](O)C(=O)O)CCCC(C)CCCC(C)CCCC(C)C. The first-order chi connectivity index (χ1) is 16.4. The van der Waals surface area contributed by atoms with Crippen LogP contribution in [-0.2, 0) is 4.79 Å². The predicted octanol–water partition coefficient (Wildman–Crippen LogP) is 4.43. The van der Waals surface area contributed by atoms with Gasteiger partial charge in [-0.15, -0.1) is 0 Å². The molecule has 0 spiro atoms. The highest BCUT2D eigenvalue weighted by Gasteiger charge is 2.36. The molecule has 7 nitrogen and oxygen atoms in total. The van der Waals surface area contributed by atoms with E-state index in [9.17, 15) is 30.3 Å². The molecule has 208 valence electrons. The highest BCUT2D eigenvalue weighted by molar-refractivity contribution is 5.72. The third kappa shape index (κ3) is 16.4. The summed E-state index contributed by atoms with van der Waals surface area (Å²) in [4.78, 5) is 10.7. The Hall–Kier alpha value is -0.990. The quantitative estimate of drug-likeness (QED) is 0.101. The smallest absolute Gasteiger partial charge is 0.335 e. The molecule has 0 fully saturated rings. The third-order valence-corrected chi connectivity index (χ3v) is 7.01. The monoisotopic (exact) mass is 502 g/mol. The first-order valence-electron chi connectivity index (χ1n) is 13.7. The number of rotatable bonds is 21. The molecular formula is C28H54O7. The Morgan fingerprint density at radius 1 is 0.686 bits per heavy atom. The van der Waals surface area contributed by atoms with Crippen molar-refractivity contribution in [3.05, 3.63) is 11.6 Å². The Morgan fingerprint density at radius 2 is 1.20 bits per heavy atom. The van der Waals surface area contributed by atoms with Crippen molar-refractivity contribution in [3.8, 4) is 0 Å². The highest BCUT2D eigenvalue weighted by Crippen LogP contribution is 2.22. The van der Waals surface area contributed by atoms with Crippen LogP contribution in [0.5, 0.6) is 0 Å². The summed E-state index contributed by atoms with van der Waals surface area (Å²) < 4.78 is 0. The van der Waals surface area contributed by atoms with Gasteiger partial charge in [0.25, 0.3) is 0 Å². The number of allylic oxidation sites excluding steroid dienone is 2. The number of hydrogen-bond acceptors (Lipinski definition) is 6. The van der Waals surface area contributed by atoms with Gasteiger partial charge >= 0.3 is 5.97 Å². The van der Waals surface area contributed by atoms with Gasteiger partial charge in [0, 0.05) is 0 Å². The van der Waals surface area contributed by atoms with Crippen LogP contribution in [0.2, 0.25) is 0 Å². The number of carboxylic acid groups (broad SMARTS) is 1. The fourth-order valence-electron chi connectivity index (χ4n) is 4.42. The molecule has 35 heavy (non-hydrogen) atoms. The lowest BCUT2D eigenvalue weighted by Gasteiger charge is -2.27. The fourth-order valence-corrected chi connectivity index (χ4v) is 4.42. The second-order valence-electron chi connectivity index (χ2n) is 11.2. The minimum Gasteiger partial charge on any atom is -0.479 e.